The van der Waals surface area contributed by atoms with E-state index in [2.05, 4.69) is 4.99 Å². The number of carbonyl (C=O) groups is 1. The van der Waals surface area contributed by atoms with E-state index in [1.165, 1.54) is 6.20 Å². The molecule has 0 unspecified atom stereocenters. The molecule has 0 saturated heterocycles. The summed E-state index contributed by atoms with van der Waals surface area (Å²) in [6.45, 7) is 2.26. The minimum atomic E-state index is -0.337. The maximum atomic E-state index is 10.2. The van der Waals surface area contributed by atoms with E-state index in [0.717, 1.165) is 5.57 Å². The van der Waals surface area contributed by atoms with Crippen LogP contribution in [0.5, 0.6) is 0 Å². The fourth-order valence-electron chi connectivity index (χ4n) is 0.426. The first-order valence-corrected chi connectivity index (χ1v) is 3.33. The predicted molar refractivity (Wildman–Crippen MR) is 45.1 cm³/mol. The van der Waals surface area contributed by atoms with Gasteiger partial charge in [0.1, 0.15) is 0 Å². The largest absolute Gasteiger partial charge is 0.404 e. The van der Waals surface area contributed by atoms with Crippen LogP contribution < -0.4 is 11.5 Å². The third-order valence-electron chi connectivity index (χ3n) is 1.05. The van der Waals surface area contributed by atoms with E-state index in [-0.39, 0.29) is 12.3 Å². The molecule has 0 aromatic carbocycles. The fraction of sp³-hybridized carbons (Fsp3) is 0.429. The Morgan fingerprint density at radius 2 is 2.27 bits per heavy atom. The van der Waals surface area contributed by atoms with E-state index >= 15 is 0 Å². The van der Waals surface area contributed by atoms with Gasteiger partial charge in [-0.25, -0.2) is 0 Å². The highest BCUT2D eigenvalue weighted by molar-refractivity contribution is 5.78. The summed E-state index contributed by atoms with van der Waals surface area (Å²) < 4.78 is 0. The van der Waals surface area contributed by atoms with Crippen molar-refractivity contribution >= 4 is 12.1 Å². The molecule has 4 heteroatoms. The summed E-state index contributed by atoms with van der Waals surface area (Å²) in [7, 11) is 0. The Bertz CT molecular complexity index is 184. The number of hydrogen-bond acceptors (Lipinski definition) is 3. The second-order valence-electron chi connectivity index (χ2n) is 2.16. The SMILES string of the molecule is CC(C=NCCC(N)=O)=CN. The van der Waals surface area contributed by atoms with E-state index in [1.54, 1.807) is 6.21 Å². The van der Waals surface area contributed by atoms with Crippen LogP contribution >= 0.6 is 0 Å². The van der Waals surface area contributed by atoms with Crippen molar-refractivity contribution in [2.75, 3.05) is 6.54 Å². The molecule has 0 fully saturated rings. The molecule has 62 valence electrons. The average Bonchev–Trinajstić information content (AvgIpc) is 1.97. The number of rotatable bonds is 4. The summed E-state index contributed by atoms with van der Waals surface area (Å²) in [6.07, 6.45) is 3.35. The highest BCUT2D eigenvalue weighted by atomic mass is 16.1. The molecule has 0 heterocycles. The molecule has 0 radical (unpaired) electrons. The zero-order valence-corrected chi connectivity index (χ0v) is 6.58. The molecule has 0 aliphatic rings. The molecule has 0 atom stereocenters. The summed E-state index contributed by atoms with van der Waals surface area (Å²) in [4.78, 5) is 14.1. The second kappa shape index (κ2) is 5.46. The summed E-state index contributed by atoms with van der Waals surface area (Å²) >= 11 is 0. The minimum Gasteiger partial charge on any atom is -0.404 e. The van der Waals surface area contributed by atoms with Gasteiger partial charge in [-0.2, -0.15) is 0 Å². The van der Waals surface area contributed by atoms with Crippen molar-refractivity contribution in [2.45, 2.75) is 13.3 Å². The third-order valence-corrected chi connectivity index (χ3v) is 1.05. The lowest BCUT2D eigenvalue weighted by atomic mass is 10.3. The van der Waals surface area contributed by atoms with Gasteiger partial charge in [-0.3, -0.25) is 9.79 Å². The standard InChI is InChI=1S/C7H13N3O/c1-6(4-8)5-10-3-2-7(9)11/h4-5H,2-3,8H2,1H3,(H2,9,11). The van der Waals surface area contributed by atoms with Crippen LogP contribution in [0.15, 0.2) is 16.8 Å². The van der Waals surface area contributed by atoms with Gasteiger partial charge in [0.05, 0.1) is 0 Å². The Balaban J connectivity index is 3.53. The molecule has 0 spiro atoms. The number of allylic oxidation sites excluding steroid dienone is 1. The molecule has 1 amide bonds. The van der Waals surface area contributed by atoms with Crippen LogP contribution in [0.3, 0.4) is 0 Å². The van der Waals surface area contributed by atoms with Gasteiger partial charge in [0.25, 0.3) is 0 Å². The lowest BCUT2D eigenvalue weighted by molar-refractivity contribution is -0.117. The third kappa shape index (κ3) is 6.57. The lowest BCUT2D eigenvalue weighted by Gasteiger charge is -1.89. The van der Waals surface area contributed by atoms with Gasteiger partial charge in [0.2, 0.25) is 5.91 Å². The van der Waals surface area contributed by atoms with Crippen LogP contribution in [0.4, 0.5) is 0 Å². The maximum Gasteiger partial charge on any atom is 0.219 e. The van der Waals surface area contributed by atoms with Crippen LogP contribution in [-0.2, 0) is 4.79 Å². The number of nitrogens with zero attached hydrogens (tertiary/aromatic N) is 1. The zero-order chi connectivity index (χ0) is 8.69. The fourth-order valence-corrected chi connectivity index (χ4v) is 0.426. The molecule has 0 bridgehead atoms. The summed E-state index contributed by atoms with van der Waals surface area (Å²) in [5.41, 5.74) is 10.9. The topological polar surface area (TPSA) is 81.5 Å². The van der Waals surface area contributed by atoms with Crippen molar-refractivity contribution in [2.24, 2.45) is 16.5 Å². The first-order valence-electron chi connectivity index (χ1n) is 3.33. The van der Waals surface area contributed by atoms with Gasteiger partial charge in [0.15, 0.2) is 0 Å². The van der Waals surface area contributed by atoms with Gasteiger partial charge in [-0.05, 0) is 18.7 Å². The number of carbonyl (C=O) groups excluding carboxylic acids is 1. The molecule has 0 aromatic heterocycles. The van der Waals surface area contributed by atoms with Gasteiger partial charge in [0, 0.05) is 19.2 Å². The molecule has 0 aliphatic carbocycles. The highest BCUT2D eigenvalue weighted by Crippen LogP contribution is 1.84. The molecule has 0 rings (SSSR count). The van der Waals surface area contributed by atoms with E-state index in [0.29, 0.717) is 6.54 Å². The summed E-state index contributed by atoms with van der Waals surface area (Å²) in [5.74, 6) is -0.337. The second-order valence-corrected chi connectivity index (χ2v) is 2.16. The Morgan fingerprint density at radius 3 is 2.73 bits per heavy atom. The van der Waals surface area contributed by atoms with Gasteiger partial charge < -0.3 is 11.5 Å². The van der Waals surface area contributed by atoms with Crippen LogP contribution in [0, 0.1) is 0 Å². The molecule has 0 aliphatic heterocycles. The lowest BCUT2D eigenvalue weighted by Crippen LogP contribution is -2.11. The van der Waals surface area contributed by atoms with Crippen molar-refractivity contribution in [3.05, 3.63) is 11.8 Å². The van der Waals surface area contributed by atoms with E-state index in [9.17, 15) is 4.79 Å². The normalized spacial score (nSPS) is 12.3. The molecule has 11 heavy (non-hydrogen) atoms. The molecular weight excluding hydrogens is 142 g/mol. The number of aliphatic imine (C=N–C) groups is 1. The molecule has 0 saturated carbocycles. The van der Waals surface area contributed by atoms with Gasteiger partial charge in [-0.15, -0.1) is 0 Å². The van der Waals surface area contributed by atoms with Crippen molar-refractivity contribution in [1.82, 2.24) is 0 Å². The summed E-state index contributed by atoms with van der Waals surface area (Å²) in [5, 5.41) is 0. The van der Waals surface area contributed by atoms with Crippen molar-refractivity contribution in [1.29, 1.82) is 0 Å². The van der Waals surface area contributed by atoms with Gasteiger partial charge >= 0.3 is 0 Å². The molecule has 4 nitrogen and oxygen atoms in total. The molecule has 0 aromatic rings. The maximum absolute atomic E-state index is 10.2. The van der Waals surface area contributed by atoms with E-state index < -0.39 is 0 Å². The number of hydrogen-bond donors (Lipinski definition) is 2. The van der Waals surface area contributed by atoms with Crippen LogP contribution in [0.25, 0.3) is 0 Å². The highest BCUT2D eigenvalue weighted by Gasteiger charge is 1.89. The Morgan fingerprint density at radius 1 is 1.64 bits per heavy atom. The van der Waals surface area contributed by atoms with Gasteiger partial charge in [-0.1, -0.05) is 0 Å². The predicted octanol–water partition coefficient (Wildman–Crippen LogP) is -0.205. The average molecular weight is 155 g/mol. The van der Waals surface area contributed by atoms with Crippen LogP contribution in [0.1, 0.15) is 13.3 Å². The van der Waals surface area contributed by atoms with Crippen molar-refractivity contribution in [3.8, 4) is 0 Å². The Labute approximate surface area is 66.0 Å². The number of primary amides is 1. The van der Waals surface area contributed by atoms with Crippen LogP contribution in [0.2, 0.25) is 0 Å². The van der Waals surface area contributed by atoms with Crippen LogP contribution in [-0.4, -0.2) is 18.7 Å². The first kappa shape index (κ1) is 9.68. The molecule has 4 N–H and O–H groups in total. The van der Waals surface area contributed by atoms with Crippen molar-refractivity contribution in [3.63, 3.8) is 0 Å². The monoisotopic (exact) mass is 155 g/mol. The zero-order valence-electron chi connectivity index (χ0n) is 6.58. The number of amides is 1. The van der Waals surface area contributed by atoms with Crippen molar-refractivity contribution < 1.29 is 4.79 Å². The quantitative estimate of drug-likeness (QED) is 0.551. The Kier molecular flexibility index (Phi) is 4.81. The molecular formula is C7H13N3O. The summed E-state index contributed by atoms with van der Waals surface area (Å²) in [6, 6.07) is 0. The minimum absolute atomic E-state index is 0.286. The first-order chi connectivity index (χ1) is 5.16. The van der Waals surface area contributed by atoms with E-state index in [4.69, 9.17) is 11.5 Å². The smallest absolute Gasteiger partial charge is 0.219 e. The van der Waals surface area contributed by atoms with E-state index in [1.807, 2.05) is 6.92 Å². The Hall–Kier alpha value is -1.32. The number of nitrogens with two attached hydrogens (primary N) is 2.